The summed E-state index contributed by atoms with van der Waals surface area (Å²) in [4.78, 5) is 0. The number of ether oxygens (including phenoxy) is 1. The van der Waals surface area contributed by atoms with E-state index in [9.17, 15) is 4.39 Å². The van der Waals surface area contributed by atoms with E-state index in [2.05, 4.69) is 48.3 Å². The Morgan fingerprint density at radius 3 is 2.58 bits per heavy atom. The molecule has 4 rings (SSSR count). The van der Waals surface area contributed by atoms with Crippen molar-refractivity contribution >= 4 is 11.5 Å². The summed E-state index contributed by atoms with van der Waals surface area (Å²) in [7, 11) is 0. The summed E-state index contributed by atoms with van der Waals surface area (Å²) >= 11 is 0. The summed E-state index contributed by atoms with van der Waals surface area (Å²) in [6.07, 6.45) is 0.863. The van der Waals surface area contributed by atoms with Crippen LogP contribution in [0.2, 0.25) is 0 Å². The summed E-state index contributed by atoms with van der Waals surface area (Å²) in [5.74, 6) is 0.701. The second-order valence-electron chi connectivity index (χ2n) is 7.86. The molecule has 0 aliphatic carbocycles. The lowest BCUT2D eigenvalue weighted by molar-refractivity contribution is -0.0662. The van der Waals surface area contributed by atoms with Crippen LogP contribution in [-0.2, 0) is 4.74 Å². The Hall–Kier alpha value is -2.54. The van der Waals surface area contributed by atoms with Gasteiger partial charge < -0.3 is 10.1 Å². The van der Waals surface area contributed by atoms with Crippen LogP contribution in [0.4, 0.5) is 10.2 Å². The van der Waals surface area contributed by atoms with E-state index < -0.39 is 0 Å². The Bertz CT molecular complexity index is 965. The molecule has 1 aliphatic rings. The van der Waals surface area contributed by atoms with Gasteiger partial charge in [0.05, 0.1) is 22.8 Å². The van der Waals surface area contributed by atoms with Crippen molar-refractivity contribution in [1.29, 1.82) is 0 Å². The average molecular weight is 355 g/mol. The first kappa shape index (κ1) is 16.9. The number of rotatable bonds is 3. The smallest absolute Gasteiger partial charge is 0.188 e. The molecular formula is C19H22FN5O. The SMILES string of the molecule is CC1(C)CC(Nc2ccc3nnc(-c4ccccc4F)n3n2)C(C)(C)O1. The van der Waals surface area contributed by atoms with E-state index in [0.29, 0.717) is 22.9 Å². The molecule has 2 aromatic heterocycles. The second-order valence-corrected chi connectivity index (χ2v) is 7.86. The zero-order valence-corrected chi connectivity index (χ0v) is 15.3. The molecule has 0 saturated carbocycles. The van der Waals surface area contributed by atoms with Gasteiger partial charge in [-0.3, -0.25) is 0 Å². The quantitative estimate of drug-likeness (QED) is 0.776. The van der Waals surface area contributed by atoms with Gasteiger partial charge in [-0.05, 0) is 58.4 Å². The van der Waals surface area contributed by atoms with Crippen molar-refractivity contribution in [3.8, 4) is 11.4 Å². The van der Waals surface area contributed by atoms with Crippen LogP contribution in [0.25, 0.3) is 17.0 Å². The van der Waals surface area contributed by atoms with E-state index in [-0.39, 0.29) is 23.1 Å². The fourth-order valence-electron chi connectivity index (χ4n) is 3.64. The van der Waals surface area contributed by atoms with Crippen molar-refractivity contribution < 1.29 is 9.13 Å². The van der Waals surface area contributed by atoms with E-state index in [0.717, 1.165) is 6.42 Å². The lowest BCUT2D eigenvalue weighted by atomic mass is 9.94. The van der Waals surface area contributed by atoms with Gasteiger partial charge in [-0.15, -0.1) is 15.3 Å². The minimum atomic E-state index is -0.353. The molecule has 0 amide bonds. The van der Waals surface area contributed by atoms with Gasteiger partial charge in [0, 0.05) is 0 Å². The summed E-state index contributed by atoms with van der Waals surface area (Å²) in [6.45, 7) is 8.31. The van der Waals surface area contributed by atoms with Gasteiger partial charge in [-0.2, -0.15) is 4.52 Å². The number of aromatic nitrogens is 4. The summed E-state index contributed by atoms with van der Waals surface area (Å²) < 4.78 is 21.8. The topological polar surface area (TPSA) is 64.3 Å². The van der Waals surface area contributed by atoms with Gasteiger partial charge in [0.15, 0.2) is 11.5 Å². The van der Waals surface area contributed by atoms with Gasteiger partial charge in [0.25, 0.3) is 0 Å². The lowest BCUT2D eigenvalue weighted by Gasteiger charge is -2.28. The van der Waals surface area contributed by atoms with Crippen LogP contribution in [0.5, 0.6) is 0 Å². The van der Waals surface area contributed by atoms with E-state index in [1.165, 1.54) is 6.07 Å². The number of halogens is 1. The van der Waals surface area contributed by atoms with Crippen molar-refractivity contribution in [1.82, 2.24) is 19.8 Å². The van der Waals surface area contributed by atoms with Crippen molar-refractivity contribution in [3.05, 3.63) is 42.2 Å². The van der Waals surface area contributed by atoms with Crippen LogP contribution in [0.15, 0.2) is 36.4 Å². The van der Waals surface area contributed by atoms with Crippen LogP contribution in [0, 0.1) is 5.82 Å². The van der Waals surface area contributed by atoms with E-state index in [4.69, 9.17) is 4.74 Å². The molecule has 26 heavy (non-hydrogen) atoms. The Balaban J connectivity index is 1.70. The van der Waals surface area contributed by atoms with Crippen LogP contribution in [0.3, 0.4) is 0 Å². The highest BCUT2D eigenvalue weighted by Crippen LogP contribution is 2.38. The molecule has 136 valence electrons. The minimum Gasteiger partial charge on any atom is -0.367 e. The number of hydrogen-bond acceptors (Lipinski definition) is 5. The maximum Gasteiger partial charge on any atom is 0.188 e. The Kier molecular flexibility index (Phi) is 3.73. The number of nitrogens with one attached hydrogen (secondary N) is 1. The Labute approximate surface area is 151 Å². The van der Waals surface area contributed by atoms with Crippen LogP contribution in [0.1, 0.15) is 34.1 Å². The number of fused-ring (bicyclic) bond motifs is 1. The molecule has 1 aromatic carbocycles. The molecule has 0 radical (unpaired) electrons. The predicted molar refractivity (Wildman–Crippen MR) is 97.4 cm³/mol. The summed E-state index contributed by atoms with van der Waals surface area (Å²) in [5.41, 5.74) is 0.424. The maximum atomic E-state index is 14.2. The molecule has 0 bridgehead atoms. The first-order valence-electron chi connectivity index (χ1n) is 8.69. The number of benzene rings is 1. The molecule has 1 aliphatic heterocycles. The third kappa shape index (κ3) is 2.92. The highest BCUT2D eigenvalue weighted by Gasteiger charge is 2.46. The molecule has 1 unspecified atom stereocenters. The molecular weight excluding hydrogens is 333 g/mol. The number of hydrogen-bond donors (Lipinski definition) is 1. The Morgan fingerprint density at radius 2 is 1.88 bits per heavy atom. The zero-order chi connectivity index (χ0) is 18.5. The van der Waals surface area contributed by atoms with Crippen molar-refractivity contribution in [2.45, 2.75) is 51.4 Å². The van der Waals surface area contributed by atoms with E-state index >= 15 is 0 Å². The van der Waals surface area contributed by atoms with E-state index in [1.54, 1.807) is 22.7 Å². The van der Waals surface area contributed by atoms with E-state index in [1.807, 2.05) is 12.1 Å². The van der Waals surface area contributed by atoms with Crippen molar-refractivity contribution in [2.24, 2.45) is 0 Å². The molecule has 3 heterocycles. The van der Waals surface area contributed by atoms with Crippen molar-refractivity contribution in [2.75, 3.05) is 5.32 Å². The van der Waals surface area contributed by atoms with Gasteiger partial charge in [-0.1, -0.05) is 12.1 Å². The summed E-state index contributed by atoms with van der Waals surface area (Å²) in [6, 6.07) is 10.3. The second kappa shape index (κ2) is 5.74. The fourth-order valence-corrected chi connectivity index (χ4v) is 3.64. The first-order valence-corrected chi connectivity index (χ1v) is 8.69. The van der Waals surface area contributed by atoms with Gasteiger partial charge in [0.2, 0.25) is 0 Å². The molecule has 3 aromatic rings. The van der Waals surface area contributed by atoms with Gasteiger partial charge in [-0.25, -0.2) is 4.39 Å². The van der Waals surface area contributed by atoms with Crippen LogP contribution in [-0.4, -0.2) is 37.1 Å². The standard InChI is InChI=1S/C19H22FN5O/c1-18(2)11-14(19(3,4)26-18)21-15-9-10-16-22-23-17(25(16)24-15)12-7-5-6-8-13(12)20/h5-10,14H,11H2,1-4H3,(H,21,24). The maximum absolute atomic E-state index is 14.2. The zero-order valence-electron chi connectivity index (χ0n) is 15.3. The molecule has 6 nitrogen and oxygen atoms in total. The molecule has 1 fully saturated rings. The molecule has 7 heteroatoms. The normalized spacial score (nSPS) is 21.2. The first-order chi connectivity index (χ1) is 12.3. The fraction of sp³-hybridized carbons (Fsp3) is 0.421. The predicted octanol–water partition coefficient (Wildman–Crippen LogP) is 3.69. The van der Waals surface area contributed by atoms with Crippen LogP contribution < -0.4 is 5.32 Å². The largest absolute Gasteiger partial charge is 0.367 e. The summed E-state index contributed by atoms with van der Waals surface area (Å²) in [5, 5.41) is 16.2. The van der Waals surface area contributed by atoms with Crippen molar-refractivity contribution in [3.63, 3.8) is 0 Å². The molecule has 0 spiro atoms. The highest BCUT2D eigenvalue weighted by atomic mass is 19.1. The third-order valence-corrected chi connectivity index (χ3v) is 4.77. The van der Waals surface area contributed by atoms with Gasteiger partial charge in [0.1, 0.15) is 11.6 Å². The highest BCUT2D eigenvalue weighted by molar-refractivity contribution is 5.60. The Morgan fingerprint density at radius 1 is 1.12 bits per heavy atom. The monoisotopic (exact) mass is 355 g/mol. The third-order valence-electron chi connectivity index (χ3n) is 4.77. The lowest BCUT2D eigenvalue weighted by Crippen LogP contribution is -2.38. The molecule has 1 N–H and O–H groups in total. The molecule has 1 saturated heterocycles. The number of anilines is 1. The van der Waals surface area contributed by atoms with Crippen LogP contribution >= 0.6 is 0 Å². The minimum absolute atomic E-state index is 0.107. The molecule has 1 atom stereocenters. The number of nitrogens with zero attached hydrogens (tertiary/aromatic N) is 4. The van der Waals surface area contributed by atoms with Gasteiger partial charge >= 0.3 is 0 Å². The average Bonchev–Trinajstić information content (AvgIpc) is 3.05.